The van der Waals surface area contributed by atoms with Crippen molar-refractivity contribution in [3.05, 3.63) is 68.9 Å². The second-order valence-electron chi connectivity index (χ2n) is 6.34. The van der Waals surface area contributed by atoms with E-state index in [2.05, 4.69) is 20.6 Å². The summed E-state index contributed by atoms with van der Waals surface area (Å²) in [5.41, 5.74) is 2.17. The number of nitrogens with zero attached hydrogens (tertiary/aromatic N) is 3. The summed E-state index contributed by atoms with van der Waals surface area (Å²) in [7, 11) is 1.36. The molecule has 0 radical (unpaired) electrons. The third kappa shape index (κ3) is 5.98. The number of rotatable bonds is 10. The second kappa shape index (κ2) is 10.8. The quantitative estimate of drug-likeness (QED) is 0.349. The predicted molar refractivity (Wildman–Crippen MR) is 116 cm³/mol. The van der Waals surface area contributed by atoms with E-state index in [-0.39, 0.29) is 42.5 Å². The summed E-state index contributed by atoms with van der Waals surface area (Å²) in [4.78, 5) is 43.4. The summed E-state index contributed by atoms with van der Waals surface area (Å²) in [6.07, 6.45) is 3.04. The highest BCUT2D eigenvalue weighted by atomic mass is 32.1. The van der Waals surface area contributed by atoms with Gasteiger partial charge < -0.3 is 20.1 Å². The Morgan fingerprint density at radius 2 is 2.12 bits per heavy atom. The lowest BCUT2D eigenvalue weighted by Gasteiger charge is -2.12. The van der Waals surface area contributed by atoms with Gasteiger partial charge in [-0.25, -0.2) is 4.98 Å². The summed E-state index contributed by atoms with van der Waals surface area (Å²) in [6, 6.07) is 5.72. The number of pyridine rings is 1. The van der Waals surface area contributed by atoms with E-state index in [1.54, 1.807) is 29.2 Å². The Bertz CT molecular complexity index is 1090. The van der Waals surface area contributed by atoms with Gasteiger partial charge in [-0.05, 0) is 12.1 Å². The van der Waals surface area contributed by atoms with Crippen LogP contribution in [0, 0.1) is 10.1 Å². The van der Waals surface area contributed by atoms with Gasteiger partial charge in [0.2, 0.25) is 5.91 Å². The van der Waals surface area contributed by atoms with Gasteiger partial charge >= 0.3 is 0 Å². The zero-order chi connectivity index (χ0) is 22.9. The average molecular weight is 457 g/mol. The number of carbonyl (C=O) groups is 2. The molecule has 0 spiro atoms. The zero-order valence-electron chi connectivity index (χ0n) is 16.9. The summed E-state index contributed by atoms with van der Waals surface area (Å²) in [6.45, 7) is 0.0705. The normalized spacial score (nSPS) is 10.3. The van der Waals surface area contributed by atoms with E-state index in [0.717, 1.165) is 6.07 Å². The molecule has 0 bridgehead atoms. The molecule has 3 rings (SSSR count). The molecule has 2 amide bonds. The Morgan fingerprint density at radius 1 is 1.28 bits per heavy atom. The molecule has 0 fully saturated rings. The highest BCUT2D eigenvalue weighted by Gasteiger charge is 2.25. The van der Waals surface area contributed by atoms with E-state index >= 15 is 0 Å². The lowest BCUT2D eigenvalue weighted by Crippen LogP contribution is -2.28. The molecule has 0 atom stereocenters. The van der Waals surface area contributed by atoms with Gasteiger partial charge in [0.1, 0.15) is 12.2 Å². The maximum atomic E-state index is 12.6. The van der Waals surface area contributed by atoms with E-state index in [1.165, 1.54) is 30.7 Å². The minimum atomic E-state index is -0.713. The highest BCUT2D eigenvalue weighted by molar-refractivity contribution is 7.07. The van der Waals surface area contributed by atoms with E-state index in [0.29, 0.717) is 11.4 Å². The van der Waals surface area contributed by atoms with Crippen molar-refractivity contribution in [3.63, 3.8) is 0 Å². The summed E-state index contributed by atoms with van der Waals surface area (Å²) in [5.74, 6) is -0.781. The number of ether oxygens (including phenoxy) is 2. The zero-order valence-corrected chi connectivity index (χ0v) is 17.8. The van der Waals surface area contributed by atoms with Crippen molar-refractivity contribution in [3.8, 4) is 11.5 Å². The molecule has 2 heterocycles. The van der Waals surface area contributed by atoms with Crippen LogP contribution >= 0.6 is 11.3 Å². The van der Waals surface area contributed by atoms with Crippen molar-refractivity contribution < 1.29 is 24.0 Å². The highest BCUT2D eigenvalue weighted by Crippen LogP contribution is 2.35. The molecule has 0 unspecified atom stereocenters. The van der Waals surface area contributed by atoms with Gasteiger partial charge in [0, 0.05) is 30.6 Å². The fourth-order valence-corrected chi connectivity index (χ4v) is 3.20. The van der Waals surface area contributed by atoms with Crippen LogP contribution in [0.5, 0.6) is 11.5 Å². The number of benzene rings is 1. The van der Waals surface area contributed by atoms with Gasteiger partial charge in [-0.1, -0.05) is 0 Å². The number of aromatic nitrogens is 2. The fraction of sp³-hybridized carbons (Fsp3) is 0.200. The number of hydrogen-bond acceptors (Lipinski definition) is 9. The first-order chi connectivity index (χ1) is 15.5. The van der Waals surface area contributed by atoms with Crippen LogP contribution in [-0.2, 0) is 11.4 Å². The number of nitrogens with one attached hydrogen (secondary N) is 2. The number of methoxy groups -OCH3 is 1. The maximum absolute atomic E-state index is 12.6. The molecule has 0 saturated carbocycles. The standard InChI is InChI=1S/C20H19N5O6S/c1-30-17-7-15(16(25(28)29)8-18(17)31-10-14-11-32-12-23-14)20(27)22-6-4-19(26)24-13-3-2-5-21-9-13/h2-3,5,7-9,11-12H,4,6,10H2,1H3,(H,22,27)(H,24,26). The average Bonchev–Trinajstić information content (AvgIpc) is 3.31. The molecular weight excluding hydrogens is 438 g/mol. The Kier molecular flexibility index (Phi) is 7.65. The minimum absolute atomic E-state index is 0.0214. The van der Waals surface area contributed by atoms with Gasteiger partial charge in [-0.3, -0.25) is 24.7 Å². The van der Waals surface area contributed by atoms with E-state index < -0.39 is 16.5 Å². The predicted octanol–water partition coefficient (Wildman–Crippen LogP) is 2.79. The third-order valence-corrected chi connectivity index (χ3v) is 4.80. The molecule has 1 aromatic carbocycles. The van der Waals surface area contributed by atoms with Crippen molar-refractivity contribution in [2.45, 2.75) is 13.0 Å². The lowest BCUT2D eigenvalue weighted by atomic mass is 10.1. The monoisotopic (exact) mass is 457 g/mol. The largest absolute Gasteiger partial charge is 0.493 e. The van der Waals surface area contributed by atoms with Crippen molar-refractivity contribution in [1.29, 1.82) is 0 Å². The van der Waals surface area contributed by atoms with E-state index in [9.17, 15) is 19.7 Å². The van der Waals surface area contributed by atoms with Crippen LogP contribution in [0.3, 0.4) is 0 Å². The first-order valence-electron chi connectivity index (χ1n) is 9.32. The van der Waals surface area contributed by atoms with Crippen molar-refractivity contribution in [2.24, 2.45) is 0 Å². The van der Waals surface area contributed by atoms with Crippen LogP contribution in [0.2, 0.25) is 0 Å². The molecule has 0 saturated heterocycles. The number of amides is 2. The van der Waals surface area contributed by atoms with Crippen LogP contribution in [0.25, 0.3) is 0 Å². The molecule has 0 aliphatic heterocycles. The third-order valence-electron chi connectivity index (χ3n) is 4.17. The van der Waals surface area contributed by atoms with Crippen molar-refractivity contribution >= 4 is 34.5 Å². The van der Waals surface area contributed by atoms with Gasteiger partial charge in [-0.15, -0.1) is 11.3 Å². The first kappa shape index (κ1) is 22.6. The molecule has 11 nitrogen and oxygen atoms in total. The molecule has 3 aromatic rings. The fourth-order valence-electron chi connectivity index (χ4n) is 2.66. The van der Waals surface area contributed by atoms with Crippen LogP contribution in [0.15, 0.2) is 47.5 Å². The topological polar surface area (TPSA) is 146 Å². The van der Waals surface area contributed by atoms with Gasteiger partial charge in [0.05, 0.1) is 41.2 Å². The minimum Gasteiger partial charge on any atom is -0.493 e. The summed E-state index contributed by atoms with van der Waals surface area (Å²) >= 11 is 1.39. The maximum Gasteiger partial charge on any atom is 0.286 e. The van der Waals surface area contributed by atoms with Crippen molar-refractivity contribution in [1.82, 2.24) is 15.3 Å². The van der Waals surface area contributed by atoms with E-state index in [4.69, 9.17) is 9.47 Å². The molecule has 2 aromatic heterocycles. The van der Waals surface area contributed by atoms with Crippen LogP contribution in [-0.4, -0.2) is 40.4 Å². The number of hydrogen-bond donors (Lipinski definition) is 2. The van der Waals surface area contributed by atoms with Gasteiger partial charge in [-0.2, -0.15) is 0 Å². The molecule has 0 aliphatic rings. The molecule has 0 aliphatic carbocycles. The number of nitro groups is 1. The molecule has 2 N–H and O–H groups in total. The second-order valence-corrected chi connectivity index (χ2v) is 7.06. The molecule has 166 valence electrons. The van der Waals surface area contributed by atoms with Crippen LogP contribution in [0.1, 0.15) is 22.5 Å². The first-order valence-corrected chi connectivity index (χ1v) is 10.3. The smallest absolute Gasteiger partial charge is 0.286 e. The number of thiazole rings is 1. The number of nitro benzene ring substituents is 1. The van der Waals surface area contributed by atoms with E-state index in [1.807, 2.05) is 0 Å². The Hall–Kier alpha value is -4.06. The Labute approximate surface area is 186 Å². The number of carbonyl (C=O) groups excluding carboxylic acids is 2. The van der Waals surface area contributed by atoms with Gasteiger partial charge in [0.25, 0.3) is 11.6 Å². The summed E-state index contributed by atoms with van der Waals surface area (Å²) in [5, 5.41) is 18.5. The van der Waals surface area contributed by atoms with Crippen LogP contribution < -0.4 is 20.1 Å². The Balaban J connectivity index is 1.66. The Morgan fingerprint density at radius 3 is 2.78 bits per heavy atom. The SMILES string of the molecule is COc1cc(C(=O)NCCC(=O)Nc2cccnc2)c([N+](=O)[O-])cc1OCc1cscn1. The molecular formula is C20H19N5O6S. The molecule has 12 heteroatoms. The lowest BCUT2D eigenvalue weighted by molar-refractivity contribution is -0.385. The van der Waals surface area contributed by atoms with Gasteiger partial charge in [0.15, 0.2) is 11.5 Å². The molecule has 32 heavy (non-hydrogen) atoms. The summed E-state index contributed by atoms with van der Waals surface area (Å²) < 4.78 is 10.8. The van der Waals surface area contributed by atoms with Crippen LogP contribution in [0.4, 0.5) is 11.4 Å². The van der Waals surface area contributed by atoms with Crippen molar-refractivity contribution in [2.75, 3.05) is 19.0 Å². The number of anilines is 1.